The number of benzene rings is 2. The van der Waals surface area contributed by atoms with E-state index in [9.17, 15) is 13.2 Å². The predicted octanol–water partition coefficient (Wildman–Crippen LogP) is 3.91. The molecule has 1 unspecified atom stereocenters. The van der Waals surface area contributed by atoms with E-state index in [-0.39, 0.29) is 10.8 Å². The Bertz CT molecular complexity index is 1190. The largest absolute Gasteiger partial charge is 0.307 e. The van der Waals surface area contributed by atoms with Crippen LogP contribution >= 0.6 is 0 Å². The van der Waals surface area contributed by atoms with Crippen LogP contribution in [0.4, 0.5) is 5.82 Å². The number of aryl methyl sites for hydroxylation is 1. The molecule has 7 nitrogen and oxygen atoms in total. The minimum absolute atomic E-state index is 0.216. The molecule has 1 aliphatic rings. The zero-order valence-electron chi connectivity index (χ0n) is 18.4. The molecule has 1 N–H and O–H groups in total. The number of anilines is 1. The second-order valence-corrected chi connectivity index (χ2v) is 10.3. The minimum Gasteiger partial charge on any atom is -0.307 e. The lowest BCUT2D eigenvalue weighted by atomic mass is 10.0. The second-order valence-electron chi connectivity index (χ2n) is 8.40. The molecule has 1 aliphatic heterocycles. The summed E-state index contributed by atoms with van der Waals surface area (Å²) < 4.78 is 29.2. The molecule has 0 bridgehead atoms. The topological polar surface area (TPSA) is 84.3 Å². The van der Waals surface area contributed by atoms with Crippen molar-refractivity contribution in [3.8, 4) is 0 Å². The van der Waals surface area contributed by atoms with E-state index in [0.717, 1.165) is 24.1 Å². The maximum absolute atomic E-state index is 12.9. The SMILES string of the molecule is Cc1cc(NC(=O)c2ccc(S(=O)(=O)N3CCCC(C)C3)cc2)n(Cc2ccccc2)n1. The zero-order valence-corrected chi connectivity index (χ0v) is 19.2. The number of hydrogen-bond donors (Lipinski definition) is 1. The molecule has 3 aromatic rings. The Balaban J connectivity index is 1.48. The smallest absolute Gasteiger partial charge is 0.256 e. The van der Waals surface area contributed by atoms with E-state index in [2.05, 4.69) is 17.3 Å². The average molecular weight is 453 g/mol. The van der Waals surface area contributed by atoms with Crippen molar-refractivity contribution in [3.05, 3.63) is 77.5 Å². The Kier molecular flexibility index (Phi) is 6.43. The number of carbonyl (C=O) groups is 1. The maximum Gasteiger partial charge on any atom is 0.256 e. The van der Waals surface area contributed by atoms with Gasteiger partial charge in [0.05, 0.1) is 17.1 Å². The molecule has 2 heterocycles. The third-order valence-electron chi connectivity index (χ3n) is 5.69. The molecular weight excluding hydrogens is 424 g/mol. The van der Waals surface area contributed by atoms with E-state index in [4.69, 9.17) is 0 Å². The number of aromatic nitrogens is 2. The van der Waals surface area contributed by atoms with Gasteiger partial charge in [0, 0.05) is 24.7 Å². The Morgan fingerprint density at radius 1 is 1.12 bits per heavy atom. The van der Waals surface area contributed by atoms with E-state index in [1.165, 1.54) is 12.1 Å². The van der Waals surface area contributed by atoms with Crippen LogP contribution in [0.1, 0.15) is 41.4 Å². The lowest BCUT2D eigenvalue weighted by Crippen LogP contribution is -2.39. The molecule has 2 aromatic carbocycles. The molecule has 0 saturated carbocycles. The first kappa shape index (κ1) is 22.2. The van der Waals surface area contributed by atoms with Gasteiger partial charge >= 0.3 is 0 Å². The zero-order chi connectivity index (χ0) is 22.7. The highest BCUT2D eigenvalue weighted by molar-refractivity contribution is 7.89. The van der Waals surface area contributed by atoms with Gasteiger partial charge in [-0.2, -0.15) is 9.40 Å². The van der Waals surface area contributed by atoms with Crippen LogP contribution in [0.3, 0.4) is 0 Å². The standard InChI is InChI=1S/C24H28N4O3S/c1-18-7-6-14-27(16-18)32(30,31)22-12-10-21(11-13-22)24(29)25-23-15-19(2)26-28(23)17-20-8-4-3-5-9-20/h3-5,8-13,15,18H,6-7,14,16-17H2,1-2H3,(H,25,29). The second kappa shape index (κ2) is 9.26. The molecule has 4 rings (SSSR count). The van der Waals surface area contributed by atoms with Gasteiger partial charge < -0.3 is 5.32 Å². The van der Waals surface area contributed by atoms with Crippen molar-refractivity contribution in [2.24, 2.45) is 5.92 Å². The van der Waals surface area contributed by atoms with Gasteiger partial charge in [0.25, 0.3) is 5.91 Å². The summed E-state index contributed by atoms with van der Waals surface area (Å²) in [6.45, 7) is 5.56. The van der Waals surface area contributed by atoms with Crippen molar-refractivity contribution in [1.82, 2.24) is 14.1 Å². The Morgan fingerprint density at radius 2 is 1.84 bits per heavy atom. The molecule has 0 spiro atoms. The predicted molar refractivity (Wildman–Crippen MR) is 124 cm³/mol. The monoisotopic (exact) mass is 452 g/mol. The van der Waals surface area contributed by atoms with Gasteiger partial charge in [-0.1, -0.05) is 37.3 Å². The lowest BCUT2D eigenvalue weighted by molar-refractivity contribution is 0.102. The summed E-state index contributed by atoms with van der Waals surface area (Å²) in [6.07, 6.45) is 1.92. The molecule has 1 atom stereocenters. The summed E-state index contributed by atoms with van der Waals surface area (Å²) in [4.78, 5) is 13.0. The molecule has 0 radical (unpaired) electrons. The molecule has 1 saturated heterocycles. The quantitative estimate of drug-likeness (QED) is 0.615. The van der Waals surface area contributed by atoms with Crippen LogP contribution in [-0.4, -0.2) is 41.5 Å². The van der Waals surface area contributed by atoms with Crippen molar-refractivity contribution in [2.45, 2.75) is 38.1 Å². The molecular formula is C24H28N4O3S. The van der Waals surface area contributed by atoms with Gasteiger partial charge in [-0.15, -0.1) is 0 Å². The van der Waals surface area contributed by atoms with Gasteiger partial charge in [0.2, 0.25) is 10.0 Å². The van der Waals surface area contributed by atoms with E-state index in [1.54, 1.807) is 21.1 Å². The van der Waals surface area contributed by atoms with Crippen molar-refractivity contribution < 1.29 is 13.2 Å². The van der Waals surface area contributed by atoms with Gasteiger partial charge in [-0.05, 0) is 55.5 Å². The molecule has 32 heavy (non-hydrogen) atoms. The molecule has 8 heteroatoms. The highest BCUT2D eigenvalue weighted by atomic mass is 32.2. The summed E-state index contributed by atoms with van der Waals surface area (Å²) in [6, 6.07) is 17.8. The van der Waals surface area contributed by atoms with E-state index < -0.39 is 10.0 Å². The van der Waals surface area contributed by atoms with Crippen LogP contribution in [0.25, 0.3) is 0 Å². The van der Waals surface area contributed by atoms with Crippen LogP contribution in [0.15, 0.2) is 65.6 Å². The van der Waals surface area contributed by atoms with Crippen LogP contribution in [0.5, 0.6) is 0 Å². The number of hydrogen-bond acceptors (Lipinski definition) is 4. The van der Waals surface area contributed by atoms with Crippen molar-refractivity contribution in [2.75, 3.05) is 18.4 Å². The lowest BCUT2D eigenvalue weighted by Gasteiger charge is -2.30. The fourth-order valence-electron chi connectivity index (χ4n) is 4.00. The molecule has 1 fully saturated rings. The van der Waals surface area contributed by atoms with Gasteiger partial charge in [0.15, 0.2) is 0 Å². The molecule has 1 aromatic heterocycles. The van der Waals surface area contributed by atoms with E-state index in [0.29, 0.717) is 36.9 Å². The molecule has 0 aliphatic carbocycles. The molecule has 168 valence electrons. The van der Waals surface area contributed by atoms with Gasteiger partial charge in [-0.3, -0.25) is 4.79 Å². The van der Waals surface area contributed by atoms with Gasteiger partial charge in [0.1, 0.15) is 5.82 Å². The first-order chi connectivity index (χ1) is 15.3. The first-order valence-electron chi connectivity index (χ1n) is 10.8. The van der Waals surface area contributed by atoms with Crippen molar-refractivity contribution in [1.29, 1.82) is 0 Å². The van der Waals surface area contributed by atoms with Crippen LogP contribution < -0.4 is 5.32 Å². The highest BCUT2D eigenvalue weighted by Crippen LogP contribution is 2.24. The number of piperidine rings is 1. The van der Waals surface area contributed by atoms with Crippen molar-refractivity contribution in [3.63, 3.8) is 0 Å². The Hall–Kier alpha value is -2.97. The number of carbonyl (C=O) groups excluding carboxylic acids is 1. The number of rotatable bonds is 6. The summed E-state index contributed by atoms with van der Waals surface area (Å²) in [5.41, 5.74) is 2.27. The average Bonchev–Trinajstić information content (AvgIpc) is 3.12. The number of nitrogens with zero attached hydrogens (tertiary/aromatic N) is 3. The third kappa shape index (κ3) is 4.92. The number of sulfonamides is 1. The summed E-state index contributed by atoms with van der Waals surface area (Å²) in [7, 11) is -3.55. The summed E-state index contributed by atoms with van der Waals surface area (Å²) >= 11 is 0. The van der Waals surface area contributed by atoms with E-state index >= 15 is 0 Å². The maximum atomic E-state index is 12.9. The number of nitrogens with one attached hydrogen (secondary N) is 1. The van der Waals surface area contributed by atoms with Crippen LogP contribution in [-0.2, 0) is 16.6 Å². The minimum atomic E-state index is -3.55. The Labute approximate surface area is 189 Å². The van der Waals surface area contributed by atoms with Crippen LogP contribution in [0, 0.1) is 12.8 Å². The fraction of sp³-hybridized carbons (Fsp3) is 0.333. The third-order valence-corrected chi connectivity index (χ3v) is 7.57. The fourth-order valence-corrected chi connectivity index (χ4v) is 5.60. The summed E-state index contributed by atoms with van der Waals surface area (Å²) in [5, 5.41) is 7.37. The molecule has 1 amide bonds. The normalized spacial score (nSPS) is 17.2. The van der Waals surface area contributed by atoms with Crippen LogP contribution in [0.2, 0.25) is 0 Å². The van der Waals surface area contributed by atoms with Crippen molar-refractivity contribution >= 4 is 21.7 Å². The van der Waals surface area contributed by atoms with Gasteiger partial charge in [-0.25, -0.2) is 13.1 Å². The Morgan fingerprint density at radius 3 is 2.53 bits per heavy atom. The summed E-state index contributed by atoms with van der Waals surface area (Å²) in [5.74, 6) is 0.637. The van der Waals surface area contributed by atoms with E-state index in [1.807, 2.05) is 43.3 Å². The first-order valence-corrected chi connectivity index (χ1v) is 12.3. The number of amides is 1. The highest BCUT2D eigenvalue weighted by Gasteiger charge is 2.28.